The first-order valence-corrected chi connectivity index (χ1v) is 8.05. The third-order valence-corrected chi connectivity index (χ3v) is 3.58. The van der Waals surface area contributed by atoms with Crippen molar-refractivity contribution >= 4 is 17.8 Å². The zero-order valence-electron chi connectivity index (χ0n) is 14.9. The number of benzene rings is 1. The van der Waals surface area contributed by atoms with Crippen molar-refractivity contribution in [3.05, 3.63) is 29.8 Å². The summed E-state index contributed by atoms with van der Waals surface area (Å²) >= 11 is 0. The molecule has 1 aliphatic rings. The van der Waals surface area contributed by atoms with Gasteiger partial charge in [-0.25, -0.2) is 9.59 Å². The highest BCUT2D eigenvalue weighted by atomic mass is 16.6. The van der Waals surface area contributed by atoms with Crippen LogP contribution in [0, 0.1) is 0 Å². The molecule has 7 nitrogen and oxygen atoms in total. The highest BCUT2D eigenvalue weighted by Gasteiger charge is 2.33. The minimum Gasteiger partial charge on any atom is -0.481 e. The normalized spacial score (nSPS) is 17.8. The second-order valence-electron chi connectivity index (χ2n) is 6.77. The van der Waals surface area contributed by atoms with Crippen LogP contribution >= 0.6 is 0 Å². The second kappa shape index (κ2) is 7.55. The van der Waals surface area contributed by atoms with Crippen LogP contribution in [0.3, 0.4) is 0 Å². The molecule has 136 valence electrons. The molecule has 1 heterocycles. The van der Waals surface area contributed by atoms with E-state index in [0.29, 0.717) is 17.9 Å². The molecule has 0 radical (unpaired) electrons. The molecule has 1 aliphatic heterocycles. The molecule has 1 saturated heterocycles. The number of rotatable bonds is 3. The van der Waals surface area contributed by atoms with Crippen LogP contribution in [0.1, 0.15) is 37.6 Å². The number of hydrogen-bond acceptors (Lipinski definition) is 6. The minimum absolute atomic E-state index is 0.0724. The van der Waals surface area contributed by atoms with Crippen molar-refractivity contribution < 1.29 is 28.6 Å². The van der Waals surface area contributed by atoms with Gasteiger partial charge in [0.2, 0.25) is 0 Å². The van der Waals surface area contributed by atoms with Gasteiger partial charge in [-0.05, 0) is 45.0 Å². The minimum atomic E-state index is -0.759. The molecule has 1 unspecified atom stereocenters. The summed E-state index contributed by atoms with van der Waals surface area (Å²) < 4.78 is 15.7. The van der Waals surface area contributed by atoms with Gasteiger partial charge in [0.25, 0.3) is 0 Å². The number of esters is 1. The first kappa shape index (κ1) is 18.8. The molecule has 2 rings (SSSR count). The Balaban J connectivity index is 2.01. The van der Waals surface area contributed by atoms with Crippen molar-refractivity contribution in [1.82, 2.24) is 4.90 Å². The maximum absolute atomic E-state index is 12.2. The van der Waals surface area contributed by atoms with Gasteiger partial charge in [-0.15, -0.1) is 0 Å². The molecule has 7 heteroatoms. The number of ketones is 1. The van der Waals surface area contributed by atoms with E-state index in [1.54, 1.807) is 45.0 Å². The fourth-order valence-electron chi connectivity index (χ4n) is 2.35. The Morgan fingerprint density at radius 3 is 2.36 bits per heavy atom. The molecule has 0 saturated carbocycles. The molecular weight excluding hydrogens is 326 g/mol. The Hall–Kier alpha value is -2.57. The van der Waals surface area contributed by atoms with Gasteiger partial charge < -0.3 is 19.1 Å². The van der Waals surface area contributed by atoms with E-state index in [2.05, 4.69) is 4.74 Å². The SMILES string of the molecule is COC(=O)c1ccc(OC2CN(C(=O)OC(C)(C)C)CCC2=O)cc1. The van der Waals surface area contributed by atoms with E-state index in [1.165, 1.54) is 12.0 Å². The molecule has 1 atom stereocenters. The predicted molar refractivity (Wildman–Crippen MR) is 89.6 cm³/mol. The maximum atomic E-state index is 12.2. The Morgan fingerprint density at radius 1 is 1.16 bits per heavy atom. The van der Waals surface area contributed by atoms with E-state index >= 15 is 0 Å². The molecule has 0 bridgehead atoms. The lowest BCUT2D eigenvalue weighted by atomic mass is 10.1. The molecule has 1 fully saturated rings. The summed E-state index contributed by atoms with van der Waals surface area (Å²) in [5.74, 6) is -0.0784. The Bertz CT molecular complexity index is 647. The number of Topliss-reactive ketones (excluding diaryl/α,β-unsaturated/α-hetero) is 1. The summed E-state index contributed by atoms with van der Waals surface area (Å²) in [6.07, 6.45) is -1.01. The molecule has 25 heavy (non-hydrogen) atoms. The van der Waals surface area contributed by atoms with Gasteiger partial charge in [0, 0.05) is 13.0 Å². The molecule has 0 aliphatic carbocycles. The highest BCUT2D eigenvalue weighted by Crippen LogP contribution is 2.19. The van der Waals surface area contributed by atoms with Gasteiger partial charge >= 0.3 is 12.1 Å². The van der Waals surface area contributed by atoms with Crippen LogP contribution in [0.4, 0.5) is 4.79 Å². The number of methoxy groups -OCH3 is 1. The van der Waals surface area contributed by atoms with Crippen molar-refractivity contribution in [2.24, 2.45) is 0 Å². The van der Waals surface area contributed by atoms with Gasteiger partial charge in [0.05, 0.1) is 19.2 Å². The zero-order valence-corrected chi connectivity index (χ0v) is 14.9. The fraction of sp³-hybridized carbons (Fsp3) is 0.500. The number of hydrogen-bond donors (Lipinski definition) is 0. The van der Waals surface area contributed by atoms with Crippen molar-refractivity contribution in [3.8, 4) is 5.75 Å². The van der Waals surface area contributed by atoms with Crippen molar-refractivity contribution in [3.63, 3.8) is 0 Å². The summed E-state index contributed by atoms with van der Waals surface area (Å²) in [6.45, 7) is 5.81. The topological polar surface area (TPSA) is 82.1 Å². The van der Waals surface area contributed by atoms with Gasteiger partial charge in [0.15, 0.2) is 11.9 Å². The van der Waals surface area contributed by atoms with Crippen LogP contribution in [-0.2, 0) is 14.3 Å². The first-order valence-electron chi connectivity index (χ1n) is 8.05. The highest BCUT2D eigenvalue weighted by molar-refractivity contribution is 5.89. The van der Waals surface area contributed by atoms with Crippen molar-refractivity contribution in [2.75, 3.05) is 20.2 Å². The lowest BCUT2D eigenvalue weighted by molar-refractivity contribution is -0.129. The molecule has 0 aromatic heterocycles. The van der Waals surface area contributed by atoms with E-state index in [9.17, 15) is 14.4 Å². The molecule has 1 amide bonds. The maximum Gasteiger partial charge on any atom is 0.410 e. The average Bonchev–Trinajstić information content (AvgIpc) is 2.55. The molecule has 1 aromatic rings. The summed E-state index contributed by atoms with van der Waals surface area (Å²) in [5, 5.41) is 0. The van der Waals surface area contributed by atoms with Crippen LogP contribution in [0.15, 0.2) is 24.3 Å². The lowest BCUT2D eigenvalue weighted by Crippen LogP contribution is -2.50. The third kappa shape index (κ3) is 5.20. The molecular formula is C18H23NO6. The molecule has 0 N–H and O–H groups in total. The largest absolute Gasteiger partial charge is 0.481 e. The Labute approximate surface area is 146 Å². The van der Waals surface area contributed by atoms with Gasteiger partial charge in [-0.3, -0.25) is 4.79 Å². The van der Waals surface area contributed by atoms with Crippen molar-refractivity contribution in [2.45, 2.75) is 38.9 Å². The quantitative estimate of drug-likeness (QED) is 0.780. The second-order valence-corrected chi connectivity index (χ2v) is 6.77. The summed E-state index contributed by atoms with van der Waals surface area (Å²) in [5.41, 5.74) is -0.210. The Kier molecular flexibility index (Phi) is 5.66. The van der Waals surface area contributed by atoms with E-state index < -0.39 is 23.8 Å². The smallest absolute Gasteiger partial charge is 0.410 e. The fourth-order valence-corrected chi connectivity index (χ4v) is 2.35. The van der Waals surface area contributed by atoms with Crippen LogP contribution in [0.5, 0.6) is 5.75 Å². The van der Waals surface area contributed by atoms with Gasteiger partial charge in [-0.1, -0.05) is 0 Å². The van der Waals surface area contributed by atoms with Crippen molar-refractivity contribution in [1.29, 1.82) is 0 Å². The van der Waals surface area contributed by atoms with E-state index in [1.807, 2.05) is 0 Å². The van der Waals surface area contributed by atoms with Crippen LogP contribution in [-0.4, -0.2) is 54.7 Å². The molecule has 1 aromatic carbocycles. The van der Waals surface area contributed by atoms with Crippen LogP contribution in [0.25, 0.3) is 0 Å². The Morgan fingerprint density at radius 2 is 1.80 bits per heavy atom. The summed E-state index contributed by atoms with van der Waals surface area (Å²) in [4.78, 5) is 37.1. The van der Waals surface area contributed by atoms with E-state index in [4.69, 9.17) is 9.47 Å². The van der Waals surface area contributed by atoms with Crippen LogP contribution in [0.2, 0.25) is 0 Å². The first-order chi connectivity index (χ1) is 11.7. The summed E-state index contributed by atoms with van der Waals surface area (Å²) in [7, 11) is 1.30. The van der Waals surface area contributed by atoms with Gasteiger partial charge in [0.1, 0.15) is 11.4 Å². The van der Waals surface area contributed by atoms with Gasteiger partial charge in [-0.2, -0.15) is 0 Å². The number of carbonyl (C=O) groups excluding carboxylic acids is 3. The number of carbonyl (C=O) groups is 3. The average molecular weight is 349 g/mol. The third-order valence-electron chi connectivity index (χ3n) is 3.58. The number of ether oxygens (including phenoxy) is 3. The standard InChI is InChI=1S/C18H23NO6/c1-18(2,3)25-17(22)19-10-9-14(20)15(11-19)24-13-7-5-12(6-8-13)16(21)23-4/h5-8,15H,9-11H2,1-4H3. The van der Waals surface area contributed by atoms with E-state index in [-0.39, 0.29) is 18.7 Å². The van der Waals surface area contributed by atoms with E-state index in [0.717, 1.165) is 0 Å². The summed E-state index contributed by atoms with van der Waals surface area (Å²) in [6, 6.07) is 6.29. The number of nitrogens with zero attached hydrogens (tertiary/aromatic N) is 1. The predicted octanol–water partition coefficient (Wildman–Crippen LogP) is 2.43. The lowest BCUT2D eigenvalue weighted by Gasteiger charge is -2.33. The zero-order chi connectivity index (χ0) is 18.6. The number of likely N-dealkylation sites (tertiary alicyclic amines) is 1. The van der Waals surface area contributed by atoms with Crippen LogP contribution < -0.4 is 4.74 Å². The monoisotopic (exact) mass is 349 g/mol. The number of piperidine rings is 1. The number of amides is 1. The molecule has 0 spiro atoms.